The van der Waals surface area contributed by atoms with E-state index in [1.165, 1.54) is 6.26 Å². The van der Waals surface area contributed by atoms with Crippen molar-refractivity contribution < 1.29 is 18.4 Å². The Balaban J connectivity index is 1.27. The summed E-state index contributed by atoms with van der Waals surface area (Å²) in [4.78, 5) is 30.1. The van der Waals surface area contributed by atoms with Crippen LogP contribution in [-0.4, -0.2) is 45.3 Å². The summed E-state index contributed by atoms with van der Waals surface area (Å²) in [6.07, 6.45) is 7.62. The van der Waals surface area contributed by atoms with E-state index in [0.717, 1.165) is 43.7 Å². The first kappa shape index (κ1) is 24.5. The van der Waals surface area contributed by atoms with Crippen LogP contribution in [0, 0.1) is 10.8 Å². The Morgan fingerprint density at radius 2 is 1.92 bits per heavy atom. The first-order valence-electron chi connectivity index (χ1n) is 13.0. The van der Waals surface area contributed by atoms with Crippen LogP contribution in [0.1, 0.15) is 85.9 Å². The molecule has 192 valence electrons. The maximum Gasteiger partial charge on any atom is 0.289 e. The maximum atomic E-state index is 13.4. The van der Waals surface area contributed by atoms with Crippen LogP contribution in [-0.2, 0) is 13.1 Å². The summed E-state index contributed by atoms with van der Waals surface area (Å²) in [5.41, 5.74) is 1.45. The number of hydrogen-bond acceptors (Lipinski definition) is 4. The Morgan fingerprint density at radius 1 is 1.08 bits per heavy atom. The normalized spacial score (nSPS) is 22.7. The molecule has 5 rings (SSSR count). The number of carbonyl (C=O) groups excluding carboxylic acids is 2. The van der Waals surface area contributed by atoms with E-state index in [1.807, 2.05) is 29.3 Å². The van der Waals surface area contributed by atoms with Gasteiger partial charge < -0.3 is 23.2 Å². The molecule has 2 atom stereocenters. The van der Waals surface area contributed by atoms with Gasteiger partial charge in [0.15, 0.2) is 11.5 Å². The highest BCUT2D eigenvalue weighted by Crippen LogP contribution is 2.52. The smallest absolute Gasteiger partial charge is 0.289 e. The van der Waals surface area contributed by atoms with E-state index in [1.54, 1.807) is 23.1 Å². The highest BCUT2D eigenvalue weighted by molar-refractivity contribution is 5.92. The van der Waals surface area contributed by atoms with Crippen molar-refractivity contribution in [1.29, 1.82) is 0 Å². The van der Waals surface area contributed by atoms with Gasteiger partial charge in [-0.25, -0.2) is 0 Å². The van der Waals surface area contributed by atoms with Gasteiger partial charge in [0.25, 0.3) is 11.8 Å². The van der Waals surface area contributed by atoms with Crippen LogP contribution in [0.15, 0.2) is 57.7 Å². The molecule has 3 aromatic heterocycles. The average Bonchev–Trinajstić information content (AvgIpc) is 3.60. The Labute approximate surface area is 213 Å². The maximum absolute atomic E-state index is 13.4. The van der Waals surface area contributed by atoms with Crippen molar-refractivity contribution in [2.75, 3.05) is 13.1 Å². The molecule has 0 N–H and O–H groups in total. The molecule has 2 amide bonds. The summed E-state index contributed by atoms with van der Waals surface area (Å²) in [6, 6.07) is 11.4. The summed E-state index contributed by atoms with van der Waals surface area (Å²) in [6.45, 7) is 11.4. The minimum absolute atomic E-state index is 0.00132. The number of aromatic nitrogens is 1. The second kappa shape index (κ2) is 9.34. The summed E-state index contributed by atoms with van der Waals surface area (Å²) in [5.74, 6) is 1.36. The van der Waals surface area contributed by atoms with E-state index in [9.17, 15) is 9.59 Å². The highest BCUT2D eigenvalue weighted by atomic mass is 16.4. The fourth-order valence-corrected chi connectivity index (χ4v) is 6.61. The van der Waals surface area contributed by atoms with E-state index in [2.05, 4.69) is 32.3 Å². The number of carbonyl (C=O) groups is 2. The van der Waals surface area contributed by atoms with Crippen molar-refractivity contribution >= 4 is 11.8 Å². The molecule has 3 aromatic rings. The predicted octanol–water partition coefficient (Wildman–Crippen LogP) is 5.82. The second-order valence-corrected chi connectivity index (χ2v) is 11.7. The lowest BCUT2D eigenvalue weighted by atomic mass is 9.65. The fraction of sp³-hybridized carbons (Fsp3) is 0.517. The molecule has 0 spiro atoms. The van der Waals surface area contributed by atoms with Crippen LogP contribution in [0.5, 0.6) is 0 Å². The van der Waals surface area contributed by atoms with Gasteiger partial charge in [-0.1, -0.05) is 27.7 Å². The molecule has 1 saturated heterocycles. The molecule has 2 fully saturated rings. The zero-order valence-electron chi connectivity index (χ0n) is 21.8. The Hall–Kier alpha value is -3.22. The third-order valence-corrected chi connectivity index (χ3v) is 7.66. The minimum Gasteiger partial charge on any atom is -0.459 e. The summed E-state index contributed by atoms with van der Waals surface area (Å²) >= 11 is 0. The number of likely N-dealkylation sites (tertiary alicyclic amines) is 1. The number of hydrogen-bond donors (Lipinski definition) is 0. The predicted molar refractivity (Wildman–Crippen MR) is 137 cm³/mol. The van der Waals surface area contributed by atoms with Crippen LogP contribution < -0.4 is 0 Å². The Morgan fingerprint density at radius 3 is 2.67 bits per heavy atom. The van der Waals surface area contributed by atoms with Gasteiger partial charge in [0, 0.05) is 31.0 Å². The lowest BCUT2D eigenvalue weighted by Gasteiger charge is -2.39. The quantitative estimate of drug-likeness (QED) is 0.398. The van der Waals surface area contributed by atoms with Gasteiger partial charge in [-0.2, -0.15) is 0 Å². The van der Waals surface area contributed by atoms with Crippen molar-refractivity contribution in [1.82, 2.24) is 14.4 Å². The van der Waals surface area contributed by atoms with Gasteiger partial charge in [0.1, 0.15) is 5.76 Å². The van der Waals surface area contributed by atoms with Crippen molar-refractivity contribution in [2.24, 2.45) is 10.8 Å². The Bertz CT molecular complexity index is 1220. The number of furan rings is 2. The SMILES string of the molecule is CCCN(Cc1cccn1Cc1ccc(C(=O)N2CC3(C)CC2CC(C)(C)C3)o1)C(=O)c1ccco1. The molecule has 4 heterocycles. The van der Waals surface area contributed by atoms with Gasteiger partial charge in [-0.05, 0) is 72.9 Å². The van der Waals surface area contributed by atoms with E-state index in [-0.39, 0.29) is 28.7 Å². The second-order valence-electron chi connectivity index (χ2n) is 11.7. The first-order valence-corrected chi connectivity index (χ1v) is 13.0. The third-order valence-electron chi connectivity index (χ3n) is 7.66. The molecule has 7 heteroatoms. The van der Waals surface area contributed by atoms with Gasteiger partial charge in [0.05, 0.1) is 19.4 Å². The average molecular weight is 492 g/mol. The van der Waals surface area contributed by atoms with Crippen molar-refractivity contribution in [2.45, 2.75) is 72.5 Å². The Kier molecular flexibility index (Phi) is 6.35. The molecule has 1 aliphatic heterocycles. The third kappa shape index (κ3) is 4.88. The van der Waals surface area contributed by atoms with Gasteiger partial charge in [-0.15, -0.1) is 0 Å². The standard InChI is InChI=1S/C29H37N3O4/c1-5-12-31(26(33)24-9-7-14-35-24)17-21-8-6-13-30(21)18-23-10-11-25(36-23)27(34)32-20-29(4)16-22(32)15-28(2,3)19-29/h6-11,13-14,22H,5,12,15-20H2,1-4H3. The van der Waals surface area contributed by atoms with E-state index < -0.39 is 0 Å². The zero-order valence-corrected chi connectivity index (χ0v) is 21.8. The van der Waals surface area contributed by atoms with Crippen LogP contribution in [0.2, 0.25) is 0 Å². The van der Waals surface area contributed by atoms with E-state index >= 15 is 0 Å². The summed E-state index contributed by atoms with van der Waals surface area (Å²) in [7, 11) is 0. The van der Waals surface area contributed by atoms with Crippen molar-refractivity contribution in [3.8, 4) is 0 Å². The van der Waals surface area contributed by atoms with E-state index in [4.69, 9.17) is 8.83 Å². The lowest BCUT2D eigenvalue weighted by molar-refractivity contribution is 0.0672. The molecule has 1 aliphatic carbocycles. The number of nitrogens with zero attached hydrogens (tertiary/aromatic N) is 3. The van der Waals surface area contributed by atoms with Gasteiger partial charge in [-0.3, -0.25) is 9.59 Å². The molecular weight excluding hydrogens is 454 g/mol. The first-order chi connectivity index (χ1) is 17.2. The molecule has 36 heavy (non-hydrogen) atoms. The fourth-order valence-electron chi connectivity index (χ4n) is 6.61. The van der Waals surface area contributed by atoms with Gasteiger partial charge >= 0.3 is 0 Å². The molecular formula is C29H37N3O4. The van der Waals surface area contributed by atoms with Crippen LogP contribution >= 0.6 is 0 Å². The monoisotopic (exact) mass is 491 g/mol. The van der Waals surface area contributed by atoms with Crippen LogP contribution in [0.3, 0.4) is 0 Å². The summed E-state index contributed by atoms with van der Waals surface area (Å²) in [5, 5.41) is 0. The van der Waals surface area contributed by atoms with Crippen molar-refractivity contribution in [3.63, 3.8) is 0 Å². The number of fused-ring (bicyclic) bond motifs is 2. The van der Waals surface area contributed by atoms with Crippen LogP contribution in [0.25, 0.3) is 0 Å². The number of amides is 2. The van der Waals surface area contributed by atoms with E-state index in [0.29, 0.717) is 31.2 Å². The molecule has 2 bridgehead atoms. The lowest BCUT2D eigenvalue weighted by Crippen LogP contribution is -2.37. The molecule has 0 aromatic carbocycles. The minimum atomic E-state index is -0.117. The highest BCUT2D eigenvalue weighted by Gasteiger charge is 2.51. The number of rotatable bonds is 8. The largest absolute Gasteiger partial charge is 0.459 e. The van der Waals surface area contributed by atoms with Crippen LogP contribution in [0.4, 0.5) is 0 Å². The summed E-state index contributed by atoms with van der Waals surface area (Å²) < 4.78 is 13.5. The zero-order chi connectivity index (χ0) is 25.5. The molecule has 7 nitrogen and oxygen atoms in total. The molecule has 0 radical (unpaired) electrons. The topological polar surface area (TPSA) is 71.8 Å². The van der Waals surface area contributed by atoms with Crippen molar-refractivity contribution in [3.05, 3.63) is 71.8 Å². The molecule has 2 unspecified atom stereocenters. The van der Waals surface area contributed by atoms with Gasteiger partial charge in [0.2, 0.25) is 0 Å². The molecule has 2 aliphatic rings. The molecule has 1 saturated carbocycles.